The van der Waals surface area contributed by atoms with Crippen molar-refractivity contribution in [1.29, 1.82) is 0 Å². The highest BCUT2D eigenvalue weighted by atomic mass is 19.4. The van der Waals surface area contributed by atoms with Gasteiger partial charge in [-0.25, -0.2) is 0 Å². The first-order valence-corrected chi connectivity index (χ1v) is 4.87. The van der Waals surface area contributed by atoms with E-state index in [2.05, 4.69) is 5.10 Å². The van der Waals surface area contributed by atoms with E-state index in [0.29, 0.717) is 5.46 Å². The number of rotatable bonds is 2. The highest BCUT2D eigenvalue weighted by molar-refractivity contribution is 6.33. The second-order valence-corrected chi connectivity index (χ2v) is 3.57. The van der Waals surface area contributed by atoms with Crippen molar-refractivity contribution in [3.63, 3.8) is 0 Å². The zero-order valence-corrected chi connectivity index (χ0v) is 8.70. The highest BCUT2D eigenvalue weighted by Gasteiger charge is 2.37. The molecule has 0 spiro atoms. The summed E-state index contributed by atoms with van der Waals surface area (Å²) in [4.78, 5) is 0. The van der Waals surface area contributed by atoms with Crippen LogP contribution in [0, 0.1) is 0 Å². The lowest BCUT2D eigenvalue weighted by Gasteiger charge is -2.09. The van der Waals surface area contributed by atoms with Gasteiger partial charge >= 0.3 is 6.18 Å². The Labute approximate surface area is 96.3 Å². The summed E-state index contributed by atoms with van der Waals surface area (Å²) in [7, 11) is 5.49. The van der Waals surface area contributed by atoms with Crippen molar-refractivity contribution in [2.75, 3.05) is 6.61 Å². The number of aromatic nitrogens is 2. The second-order valence-electron chi connectivity index (χ2n) is 3.57. The van der Waals surface area contributed by atoms with E-state index >= 15 is 0 Å². The SMILES string of the molecule is [B]c1ccc2c(C(F)(F)F)n(CCO)nc2c1. The fraction of sp³-hybridized carbons (Fsp3) is 0.300. The van der Waals surface area contributed by atoms with Crippen LogP contribution in [0.3, 0.4) is 0 Å². The number of alkyl halides is 3. The van der Waals surface area contributed by atoms with Crippen LogP contribution in [-0.2, 0) is 12.7 Å². The first kappa shape index (κ1) is 12.0. The van der Waals surface area contributed by atoms with Gasteiger partial charge in [-0.3, -0.25) is 4.68 Å². The van der Waals surface area contributed by atoms with Gasteiger partial charge in [0.2, 0.25) is 0 Å². The fourth-order valence-corrected chi connectivity index (χ4v) is 1.71. The standard InChI is InChI=1S/C10H8BF3N2O/c11-6-1-2-7-8(5-6)15-16(3-4-17)9(7)10(12,13)14/h1-2,5,17H,3-4H2. The van der Waals surface area contributed by atoms with Crippen molar-refractivity contribution in [1.82, 2.24) is 9.78 Å². The van der Waals surface area contributed by atoms with Gasteiger partial charge in [0.25, 0.3) is 0 Å². The Hall–Kier alpha value is -1.50. The van der Waals surface area contributed by atoms with Gasteiger partial charge in [-0.1, -0.05) is 17.6 Å². The van der Waals surface area contributed by atoms with E-state index in [1.165, 1.54) is 18.2 Å². The minimum atomic E-state index is -4.51. The molecule has 2 aromatic rings. The molecule has 2 rings (SSSR count). The molecule has 0 bridgehead atoms. The molecule has 7 heteroatoms. The monoisotopic (exact) mass is 240 g/mol. The van der Waals surface area contributed by atoms with Crippen LogP contribution in [-0.4, -0.2) is 29.3 Å². The molecule has 1 aromatic carbocycles. The van der Waals surface area contributed by atoms with Gasteiger partial charge in [-0.05, 0) is 6.07 Å². The number of nitrogens with zero attached hydrogens (tertiary/aromatic N) is 2. The number of hydrogen-bond acceptors (Lipinski definition) is 2. The summed E-state index contributed by atoms with van der Waals surface area (Å²) in [5, 5.41) is 12.5. The van der Waals surface area contributed by atoms with Gasteiger partial charge in [-0.2, -0.15) is 18.3 Å². The molecule has 88 valence electrons. The molecule has 0 aliphatic rings. The molecule has 0 saturated heterocycles. The molecule has 3 nitrogen and oxygen atoms in total. The maximum Gasteiger partial charge on any atom is 0.433 e. The molecule has 1 heterocycles. The van der Waals surface area contributed by atoms with E-state index in [0.717, 1.165) is 4.68 Å². The van der Waals surface area contributed by atoms with Gasteiger partial charge < -0.3 is 5.11 Å². The third-order valence-corrected chi connectivity index (χ3v) is 2.34. The van der Waals surface area contributed by atoms with Gasteiger partial charge in [0.1, 0.15) is 13.5 Å². The zero-order valence-electron chi connectivity index (χ0n) is 8.70. The average molecular weight is 240 g/mol. The van der Waals surface area contributed by atoms with E-state index in [9.17, 15) is 13.2 Å². The van der Waals surface area contributed by atoms with Gasteiger partial charge in [0.05, 0.1) is 18.7 Å². The van der Waals surface area contributed by atoms with E-state index < -0.39 is 18.5 Å². The van der Waals surface area contributed by atoms with E-state index in [4.69, 9.17) is 13.0 Å². The van der Waals surface area contributed by atoms with E-state index in [1.807, 2.05) is 0 Å². The third kappa shape index (κ3) is 2.15. The summed E-state index contributed by atoms with van der Waals surface area (Å²) in [5.41, 5.74) is -0.341. The molecule has 0 unspecified atom stereocenters. The van der Waals surface area contributed by atoms with Crippen molar-refractivity contribution in [2.24, 2.45) is 0 Å². The molecule has 0 fully saturated rings. The van der Waals surface area contributed by atoms with Crippen LogP contribution in [0.4, 0.5) is 13.2 Å². The van der Waals surface area contributed by atoms with Crippen LogP contribution in [0.25, 0.3) is 10.9 Å². The van der Waals surface area contributed by atoms with Crippen LogP contribution >= 0.6 is 0 Å². The molecular formula is C10H8BF3N2O. The largest absolute Gasteiger partial charge is 0.433 e. The molecule has 1 aromatic heterocycles. The van der Waals surface area contributed by atoms with Crippen molar-refractivity contribution in [3.05, 3.63) is 23.9 Å². The quantitative estimate of drug-likeness (QED) is 0.790. The summed E-state index contributed by atoms with van der Waals surface area (Å²) >= 11 is 0. The summed E-state index contributed by atoms with van der Waals surface area (Å²) in [6, 6.07) is 4.05. The molecule has 0 aliphatic carbocycles. The third-order valence-electron chi connectivity index (χ3n) is 2.34. The Bertz CT molecular complexity index is 550. The average Bonchev–Trinajstić information content (AvgIpc) is 2.54. The number of halogens is 3. The predicted octanol–water partition coefficient (Wildman–Crippen LogP) is 0.841. The molecule has 2 radical (unpaired) electrons. The van der Waals surface area contributed by atoms with E-state index in [1.54, 1.807) is 0 Å². The number of fused-ring (bicyclic) bond motifs is 1. The van der Waals surface area contributed by atoms with Crippen molar-refractivity contribution >= 4 is 24.2 Å². The Morgan fingerprint density at radius 1 is 1.35 bits per heavy atom. The van der Waals surface area contributed by atoms with Crippen molar-refractivity contribution < 1.29 is 18.3 Å². The van der Waals surface area contributed by atoms with Crippen LogP contribution in [0.15, 0.2) is 18.2 Å². The Morgan fingerprint density at radius 3 is 2.65 bits per heavy atom. The smallest absolute Gasteiger partial charge is 0.394 e. The predicted molar refractivity (Wildman–Crippen MR) is 57.2 cm³/mol. The lowest BCUT2D eigenvalue weighted by Crippen LogP contribution is -2.16. The number of benzene rings is 1. The maximum absolute atomic E-state index is 12.9. The summed E-state index contributed by atoms with van der Waals surface area (Å²) in [6.45, 7) is -0.615. The minimum Gasteiger partial charge on any atom is -0.394 e. The van der Waals surface area contributed by atoms with E-state index in [-0.39, 0.29) is 17.4 Å². The zero-order chi connectivity index (χ0) is 12.6. The maximum atomic E-state index is 12.9. The van der Waals surface area contributed by atoms with Gasteiger partial charge in [0.15, 0.2) is 0 Å². The summed E-state index contributed by atoms with van der Waals surface area (Å²) in [6.07, 6.45) is -4.51. The fourth-order valence-electron chi connectivity index (χ4n) is 1.71. The molecule has 17 heavy (non-hydrogen) atoms. The number of aliphatic hydroxyl groups is 1. The Balaban J connectivity index is 2.71. The van der Waals surface area contributed by atoms with Gasteiger partial charge in [0, 0.05) is 5.39 Å². The van der Waals surface area contributed by atoms with Crippen LogP contribution in [0.2, 0.25) is 0 Å². The minimum absolute atomic E-state index is 0.0137. The van der Waals surface area contributed by atoms with Crippen LogP contribution in [0.1, 0.15) is 5.69 Å². The Kier molecular flexibility index (Phi) is 2.86. The normalized spacial score (nSPS) is 12.2. The van der Waals surface area contributed by atoms with Crippen LogP contribution in [0.5, 0.6) is 0 Å². The van der Waals surface area contributed by atoms with Crippen molar-refractivity contribution in [2.45, 2.75) is 12.7 Å². The number of hydrogen-bond donors (Lipinski definition) is 1. The summed E-state index contributed by atoms with van der Waals surface area (Å²) < 4.78 is 39.3. The molecule has 0 atom stereocenters. The lowest BCUT2D eigenvalue weighted by atomic mass is 9.95. The van der Waals surface area contributed by atoms with Gasteiger partial charge in [-0.15, -0.1) is 0 Å². The molecule has 0 aliphatic heterocycles. The Morgan fingerprint density at radius 2 is 2.06 bits per heavy atom. The molecular weight excluding hydrogens is 232 g/mol. The molecule has 0 saturated carbocycles. The number of aliphatic hydroxyl groups excluding tert-OH is 1. The molecule has 1 N–H and O–H groups in total. The lowest BCUT2D eigenvalue weighted by molar-refractivity contribution is -0.143. The van der Waals surface area contributed by atoms with Crippen LogP contribution < -0.4 is 5.46 Å². The first-order chi connectivity index (χ1) is 7.93. The van der Waals surface area contributed by atoms with Crippen molar-refractivity contribution in [3.8, 4) is 0 Å². The topological polar surface area (TPSA) is 38.0 Å². The highest BCUT2D eigenvalue weighted by Crippen LogP contribution is 2.34. The first-order valence-electron chi connectivity index (χ1n) is 4.87. The molecule has 0 amide bonds. The second kappa shape index (κ2) is 4.07. The summed E-state index contributed by atoms with van der Waals surface area (Å²) in [5.74, 6) is 0.